The number of hydrogen-bond donors (Lipinski definition) is 0. The number of ether oxygens (including phenoxy) is 1. The van der Waals surface area contributed by atoms with E-state index in [-0.39, 0.29) is 5.91 Å². The number of nitrogens with zero attached hydrogens (tertiary/aromatic N) is 1. The summed E-state index contributed by atoms with van der Waals surface area (Å²) in [5.41, 5.74) is -0.492. The van der Waals surface area contributed by atoms with Crippen LogP contribution in [0.15, 0.2) is 59.2 Å². The van der Waals surface area contributed by atoms with Crippen LogP contribution in [0.5, 0.6) is 0 Å². The van der Waals surface area contributed by atoms with E-state index < -0.39 is 17.4 Å². The number of benzene rings is 1. The highest BCUT2D eigenvalue weighted by molar-refractivity contribution is 6.11. The predicted molar refractivity (Wildman–Crippen MR) is 84.1 cm³/mol. The van der Waals surface area contributed by atoms with Crippen molar-refractivity contribution in [2.45, 2.75) is 6.04 Å². The van der Waals surface area contributed by atoms with Gasteiger partial charge in [-0.1, -0.05) is 42.5 Å². The number of likely N-dealkylation sites (tertiary alicyclic amines) is 1. The van der Waals surface area contributed by atoms with Gasteiger partial charge in [0.2, 0.25) is 5.91 Å². The second-order valence-electron chi connectivity index (χ2n) is 5.44. The van der Waals surface area contributed by atoms with Crippen LogP contribution < -0.4 is 0 Å². The van der Waals surface area contributed by atoms with Crippen LogP contribution in [0.1, 0.15) is 17.4 Å². The van der Waals surface area contributed by atoms with Crippen LogP contribution in [-0.4, -0.2) is 30.9 Å². The molecule has 2 aromatic rings. The summed E-state index contributed by atoms with van der Waals surface area (Å²) in [7, 11) is 2.93. The minimum absolute atomic E-state index is 0.307. The predicted octanol–water partition coefficient (Wildman–Crippen LogP) is 2.67. The summed E-state index contributed by atoms with van der Waals surface area (Å²) >= 11 is 0. The Balaban J connectivity index is 2.04. The average Bonchev–Trinajstić information content (AvgIpc) is 3.11. The maximum Gasteiger partial charge on any atom is 0.327 e. The molecule has 0 radical (unpaired) electrons. The molecule has 0 saturated carbocycles. The van der Waals surface area contributed by atoms with E-state index >= 15 is 0 Å². The van der Waals surface area contributed by atoms with E-state index in [1.165, 1.54) is 18.3 Å². The lowest BCUT2D eigenvalue weighted by atomic mass is 9.69. The van der Waals surface area contributed by atoms with E-state index in [1.54, 1.807) is 31.3 Å². The van der Waals surface area contributed by atoms with Crippen LogP contribution in [0, 0.1) is 5.41 Å². The number of furan rings is 1. The fraction of sp³-hybridized carbons (Fsp3) is 0.222. The lowest BCUT2D eigenvalue weighted by Crippen LogP contribution is -2.64. The zero-order valence-corrected chi connectivity index (χ0v) is 12.9. The van der Waals surface area contributed by atoms with E-state index in [4.69, 9.17) is 9.15 Å². The monoisotopic (exact) mass is 311 g/mol. The Bertz CT molecular complexity index is 726. The highest BCUT2D eigenvalue weighted by Gasteiger charge is 2.65. The van der Waals surface area contributed by atoms with Crippen molar-refractivity contribution in [3.05, 3.63) is 66.1 Å². The van der Waals surface area contributed by atoms with E-state index in [1.807, 2.05) is 30.3 Å². The molecule has 1 aliphatic heterocycles. The number of rotatable bonds is 4. The van der Waals surface area contributed by atoms with Crippen molar-refractivity contribution in [2.24, 2.45) is 5.41 Å². The van der Waals surface area contributed by atoms with Crippen LogP contribution >= 0.6 is 0 Å². The number of amides is 1. The van der Waals surface area contributed by atoms with Gasteiger partial charge in [-0.15, -0.1) is 0 Å². The van der Waals surface area contributed by atoms with Gasteiger partial charge in [0, 0.05) is 7.05 Å². The summed E-state index contributed by atoms with van der Waals surface area (Å²) in [6.07, 6.45) is 4.90. The summed E-state index contributed by atoms with van der Waals surface area (Å²) < 4.78 is 10.3. The molecule has 0 N–H and O–H groups in total. The summed E-state index contributed by atoms with van der Waals surface area (Å²) in [5, 5.41) is 0. The zero-order valence-electron chi connectivity index (χ0n) is 12.9. The minimum atomic E-state index is -1.39. The molecule has 0 bridgehead atoms. The SMILES string of the molecule is COC(=O)[C@]1(/C=C/c2ccccc2)C(=O)N(C)[C@@H]1c1ccco1. The molecular weight excluding hydrogens is 294 g/mol. The Labute approximate surface area is 134 Å². The second kappa shape index (κ2) is 5.76. The first-order valence-electron chi connectivity index (χ1n) is 7.24. The number of methoxy groups -OCH3 is 1. The topological polar surface area (TPSA) is 59.8 Å². The summed E-state index contributed by atoms with van der Waals surface area (Å²) in [6, 6.07) is 12.5. The Kier molecular flexibility index (Phi) is 3.78. The molecule has 5 heteroatoms. The number of carbonyl (C=O) groups is 2. The van der Waals surface area contributed by atoms with Crippen LogP contribution in [0.25, 0.3) is 6.08 Å². The van der Waals surface area contributed by atoms with Crippen molar-refractivity contribution in [1.82, 2.24) is 4.90 Å². The summed E-state index contributed by atoms with van der Waals surface area (Å²) in [5.74, 6) is -0.345. The Morgan fingerprint density at radius 2 is 2.00 bits per heavy atom. The molecule has 2 heterocycles. The molecule has 2 atom stereocenters. The van der Waals surface area contributed by atoms with Crippen LogP contribution in [0.2, 0.25) is 0 Å². The molecule has 1 amide bonds. The number of carbonyl (C=O) groups excluding carboxylic acids is 2. The lowest BCUT2D eigenvalue weighted by Gasteiger charge is -2.49. The van der Waals surface area contributed by atoms with Gasteiger partial charge in [-0.05, 0) is 17.7 Å². The van der Waals surface area contributed by atoms with Gasteiger partial charge >= 0.3 is 5.97 Å². The number of hydrogen-bond acceptors (Lipinski definition) is 4. The molecule has 0 spiro atoms. The standard InChI is InChI=1S/C18H17NO4/c1-19-15(14-9-6-12-23-14)18(16(19)20,17(21)22-2)11-10-13-7-4-3-5-8-13/h3-12,15H,1-2H3/b11-10+/t15-,18+/m1/s1. The molecule has 1 saturated heterocycles. The first kappa shape index (κ1) is 15.1. The van der Waals surface area contributed by atoms with Gasteiger partial charge in [0.05, 0.1) is 13.4 Å². The molecule has 1 aromatic heterocycles. The van der Waals surface area contributed by atoms with Crippen LogP contribution in [-0.2, 0) is 14.3 Å². The molecule has 0 unspecified atom stereocenters. The van der Waals surface area contributed by atoms with E-state index in [2.05, 4.69) is 0 Å². The molecule has 3 rings (SSSR count). The van der Waals surface area contributed by atoms with Crippen molar-refractivity contribution >= 4 is 18.0 Å². The molecule has 0 aliphatic carbocycles. The third-order valence-corrected chi connectivity index (χ3v) is 4.17. The van der Waals surface area contributed by atoms with Gasteiger partial charge in [0.25, 0.3) is 0 Å². The van der Waals surface area contributed by atoms with Crippen molar-refractivity contribution in [1.29, 1.82) is 0 Å². The molecule has 118 valence electrons. The van der Waals surface area contributed by atoms with Gasteiger partial charge < -0.3 is 14.1 Å². The lowest BCUT2D eigenvalue weighted by molar-refractivity contribution is -0.181. The molecular formula is C18H17NO4. The quantitative estimate of drug-likeness (QED) is 0.495. The van der Waals surface area contributed by atoms with Crippen molar-refractivity contribution in [3.8, 4) is 0 Å². The maximum atomic E-state index is 12.5. The number of esters is 1. The molecule has 5 nitrogen and oxygen atoms in total. The molecule has 1 aliphatic rings. The second-order valence-corrected chi connectivity index (χ2v) is 5.44. The molecule has 23 heavy (non-hydrogen) atoms. The minimum Gasteiger partial charge on any atom is -0.468 e. The van der Waals surface area contributed by atoms with E-state index in [9.17, 15) is 9.59 Å². The van der Waals surface area contributed by atoms with Gasteiger partial charge in [-0.3, -0.25) is 9.59 Å². The average molecular weight is 311 g/mol. The Morgan fingerprint density at radius 1 is 1.26 bits per heavy atom. The fourth-order valence-electron chi connectivity index (χ4n) is 3.02. The molecule has 1 fully saturated rings. The summed E-state index contributed by atoms with van der Waals surface area (Å²) in [6.45, 7) is 0. The number of β-lactam (4-membered cyclic amide) rings is 1. The van der Waals surface area contributed by atoms with Gasteiger partial charge in [-0.2, -0.15) is 0 Å². The van der Waals surface area contributed by atoms with Gasteiger partial charge in [0.15, 0.2) is 5.41 Å². The first-order valence-corrected chi connectivity index (χ1v) is 7.24. The van der Waals surface area contributed by atoms with Crippen molar-refractivity contribution in [2.75, 3.05) is 14.2 Å². The van der Waals surface area contributed by atoms with Gasteiger partial charge in [0.1, 0.15) is 11.8 Å². The van der Waals surface area contributed by atoms with E-state index in [0.717, 1.165) is 5.56 Å². The largest absolute Gasteiger partial charge is 0.468 e. The highest BCUT2D eigenvalue weighted by Crippen LogP contribution is 2.51. The normalized spacial score (nSPS) is 23.8. The first-order chi connectivity index (χ1) is 11.1. The smallest absolute Gasteiger partial charge is 0.327 e. The van der Waals surface area contributed by atoms with Crippen molar-refractivity contribution < 1.29 is 18.7 Å². The zero-order chi connectivity index (χ0) is 16.4. The third kappa shape index (κ3) is 2.25. The van der Waals surface area contributed by atoms with Crippen molar-refractivity contribution in [3.63, 3.8) is 0 Å². The highest BCUT2D eigenvalue weighted by atomic mass is 16.5. The Hall–Kier alpha value is -2.82. The molecule has 1 aromatic carbocycles. The van der Waals surface area contributed by atoms with Gasteiger partial charge in [-0.25, -0.2) is 0 Å². The van der Waals surface area contributed by atoms with E-state index in [0.29, 0.717) is 5.76 Å². The Morgan fingerprint density at radius 3 is 2.61 bits per heavy atom. The third-order valence-electron chi connectivity index (χ3n) is 4.17. The summed E-state index contributed by atoms with van der Waals surface area (Å²) in [4.78, 5) is 26.5. The van der Waals surface area contributed by atoms with Crippen LogP contribution in [0.3, 0.4) is 0 Å². The van der Waals surface area contributed by atoms with Crippen LogP contribution in [0.4, 0.5) is 0 Å². The maximum absolute atomic E-state index is 12.5. The fourth-order valence-corrected chi connectivity index (χ4v) is 3.02.